The van der Waals surface area contributed by atoms with Crippen LogP contribution in [0.5, 0.6) is 11.5 Å². The fraction of sp³-hybridized carbons (Fsp3) is 0.550. The van der Waals surface area contributed by atoms with Gasteiger partial charge in [-0.3, -0.25) is 0 Å². The summed E-state index contributed by atoms with van der Waals surface area (Å²) in [6, 6.07) is 4.12. The minimum atomic E-state index is 0. The molecule has 2 aromatic rings. The van der Waals surface area contributed by atoms with Crippen LogP contribution >= 0.6 is 24.0 Å². The second kappa shape index (κ2) is 11.2. The predicted octanol–water partition coefficient (Wildman–Crippen LogP) is 2.55. The second-order valence-electron chi connectivity index (χ2n) is 6.82. The molecule has 0 spiro atoms. The molecule has 1 aromatic carbocycles. The summed E-state index contributed by atoms with van der Waals surface area (Å²) in [5, 5.41) is 14.7. The Hall–Kier alpha value is -2.04. The van der Waals surface area contributed by atoms with E-state index in [1.54, 1.807) is 13.4 Å². The number of ether oxygens (including phenoxy) is 2. The van der Waals surface area contributed by atoms with Crippen LogP contribution < -0.4 is 20.1 Å². The Bertz CT molecular complexity index is 823. The van der Waals surface area contributed by atoms with Crippen molar-refractivity contribution in [1.29, 1.82) is 0 Å². The second-order valence-corrected chi connectivity index (χ2v) is 6.82. The van der Waals surface area contributed by atoms with Crippen molar-refractivity contribution in [2.45, 2.75) is 52.8 Å². The van der Waals surface area contributed by atoms with Crippen molar-refractivity contribution in [2.24, 2.45) is 4.99 Å². The number of hydrogen-bond acceptors (Lipinski definition) is 5. The SMILES string of the molecule is CCNC(=NCc1cc2c(cc1OC)CC(C)O2)NCCn1cnnc1CC.I. The van der Waals surface area contributed by atoms with Crippen LogP contribution in [0, 0.1) is 0 Å². The molecule has 29 heavy (non-hydrogen) atoms. The van der Waals surface area contributed by atoms with Crippen LogP contribution in [0.15, 0.2) is 23.5 Å². The number of hydrogen-bond donors (Lipinski definition) is 2. The van der Waals surface area contributed by atoms with Gasteiger partial charge in [0, 0.05) is 43.6 Å². The molecule has 1 aromatic heterocycles. The number of nitrogens with zero attached hydrogens (tertiary/aromatic N) is 4. The number of rotatable bonds is 8. The quantitative estimate of drug-likeness (QED) is 0.320. The molecule has 1 atom stereocenters. The van der Waals surface area contributed by atoms with E-state index in [2.05, 4.69) is 58.3 Å². The number of fused-ring (bicyclic) bond motifs is 1. The van der Waals surface area contributed by atoms with E-state index in [1.807, 2.05) is 0 Å². The first kappa shape index (κ1) is 23.2. The number of aliphatic imine (C=N–C) groups is 1. The number of nitrogens with one attached hydrogen (secondary N) is 2. The van der Waals surface area contributed by atoms with Gasteiger partial charge in [-0.25, -0.2) is 4.99 Å². The Morgan fingerprint density at radius 1 is 1.34 bits per heavy atom. The molecule has 0 aliphatic carbocycles. The van der Waals surface area contributed by atoms with E-state index in [4.69, 9.17) is 14.5 Å². The smallest absolute Gasteiger partial charge is 0.191 e. The van der Waals surface area contributed by atoms with Crippen molar-refractivity contribution in [3.8, 4) is 11.5 Å². The van der Waals surface area contributed by atoms with Crippen molar-refractivity contribution in [3.63, 3.8) is 0 Å². The van der Waals surface area contributed by atoms with Gasteiger partial charge in [0.2, 0.25) is 0 Å². The van der Waals surface area contributed by atoms with Crippen LogP contribution in [0.2, 0.25) is 0 Å². The highest BCUT2D eigenvalue weighted by Gasteiger charge is 2.21. The van der Waals surface area contributed by atoms with Gasteiger partial charge >= 0.3 is 0 Å². The molecule has 1 unspecified atom stereocenters. The van der Waals surface area contributed by atoms with Crippen LogP contribution in [0.4, 0.5) is 0 Å². The molecule has 0 saturated carbocycles. The number of methoxy groups -OCH3 is 1. The molecular formula is C20H31IN6O2. The maximum absolute atomic E-state index is 5.88. The Labute approximate surface area is 189 Å². The highest BCUT2D eigenvalue weighted by molar-refractivity contribution is 14.0. The minimum absolute atomic E-state index is 0. The molecule has 0 bridgehead atoms. The van der Waals surface area contributed by atoms with E-state index in [-0.39, 0.29) is 30.1 Å². The fourth-order valence-electron chi connectivity index (χ4n) is 3.34. The van der Waals surface area contributed by atoms with Crippen molar-refractivity contribution >= 4 is 29.9 Å². The summed E-state index contributed by atoms with van der Waals surface area (Å²) < 4.78 is 13.5. The summed E-state index contributed by atoms with van der Waals surface area (Å²) in [6.07, 6.45) is 3.76. The standard InChI is InChI=1S/C20H30N6O2.HI/c1-5-19-25-24-13-26(19)8-7-22-20(21-6-2)23-12-16-11-18-15(9-14(3)28-18)10-17(16)27-4;/h10-11,13-14H,5-9,12H2,1-4H3,(H2,21,22,23);1H. The van der Waals surface area contributed by atoms with E-state index in [0.717, 1.165) is 61.3 Å². The Morgan fingerprint density at radius 2 is 2.17 bits per heavy atom. The summed E-state index contributed by atoms with van der Waals surface area (Å²) in [4.78, 5) is 4.72. The summed E-state index contributed by atoms with van der Waals surface area (Å²) >= 11 is 0. The summed E-state index contributed by atoms with van der Waals surface area (Å²) in [6.45, 7) is 9.03. The monoisotopic (exact) mass is 514 g/mol. The van der Waals surface area contributed by atoms with Crippen LogP contribution in [0.3, 0.4) is 0 Å². The first-order chi connectivity index (χ1) is 13.6. The van der Waals surface area contributed by atoms with Gasteiger partial charge in [0.15, 0.2) is 5.96 Å². The largest absolute Gasteiger partial charge is 0.496 e. The molecule has 1 aliphatic heterocycles. The van der Waals surface area contributed by atoms with Crippen LogP contribution in [0.1, 0.15) is 37.7 Å². The maximum atomic E-state index is 5.88. The zero-order chi connectivity index (χ0) is 19.9. The van der Waals surface area contributed by atoms with Crippen molar-refractivity contribution in [2.75, 3.05) is 20.2 Å². The van der Waals surface area contributed by atoms with Crippen LogP contribution in [-0.2, 0) is 25.9 Å². The summed E-state index contributed by atoms with van der Waals surface area (Å²) in [5.41, 5.74) is 2.21. The van der Waals surface area contributed by atoms with E-state index < -0.39 is 0 Å². The lowest BCUT2D eigenvalue weighted by molar-refractivity contribution is 0.254. The molecule has 160 valence electrons. The average Bonchev–Trinajstić information content (AvgIpc) is 3.29. The summed E-state index contributed by atoms with van der Waals surface area (Å²) in [5.74, 6) is 3.55. The number of aryl methyl sites for hydroxylation is 1. The first-order valence-electron chi connectivity index (χ1n) is 9.89. The number of halogens is 1. The van der Waals surface area contributed by atoms with Crippen LogP contribution in [-0.4, -0.2) is 47.0 Å². The average molecular weight is 514 g/mol. The Kier molecular flexibility index (Phi) is 8.99. The van der Waals surface area contributed by atoms with Gasteiger partial charge < -0.3 is 24.7 Å². The minimum Gasteiger partial charge on any atom is -0.496 e. The predicted molar refractivity (Wildman–Crippen MR) is 124 cm³/mol. The van der Waals surface area contributed by atoms with E-state index in [1.165, 1.54) is 5.56 Å². The molecule has 9 heteroatoms. The number of guanidine groups is 1. The van der Waals surface area contributed by atoms with E-state index in [9.17, 15) is 0 Å². The third kappa shape index (κ3) is 5.97. The molecule has 0 radical (unpaired) electrons. The van der Waals surface area contributed by atoms with Gasteiger partial charge in [-0.1, -0.05) is 6.92 Å². The highest BCUT2D eigenvalue weighted by Crippen LogP contribution is 2.35. The van der Waals surface area contributed by atoms with Gasteiger partial charge in [0.05, 0.1) is 13.7 Å². The van der Waals surface area contributed by atoms with E-state index in [0.29, 0.717) is 6.54 Å². The van der Waals surface area contributed by atoms with Crippen molar-refractivity contribution in [1.82, 2.24) is 25.4 Å². The zero-order valence-electron chi connectivity index (χ0n) is 17.6. The third-order valence-electron chi connectivity index (χ3n) is 4.71. The lowest BCUT2D eigenvalue weighted by atomic mass is 10.1. The Balaban J connectivity index is 0.00000300. The molecule has 0 amide bonds. The van der Waals surface area contributed by atoms with Crippen molar-refractivity contribution in [3.05, 3.63) is 35.4 Å². The fourth-order valence-corrected chi connectivity index (χ4v) is 3.34. The first-order valence-corrected chi connectivity index (χ1v) is 9.89. The number of benzene rings is 1. The van der Waals surface area contributed by atoms with Crippen molar-refractivity contribution < 1.29 is 9.47 Å². The lowest BCUT2D eigenvalue weighted by Crippen LogP contribution is -2.38. The number of aromatic nitrogens is 3. The molecule has 2 N–H and O–H groups in total. The topological polar surface area (TPSA) is 85.6 Å². The van der Waals surface area contributed by atoms with Gasteiger partial charge in [-0.2, -0.15) is 0 Å². The molecule has 3 rings (SSSR count). The molecule has 2 heterocycles. The molecule has 8 nitrogen and oxygen atoms in total. The van der Waals surface area contributed by atoms with Gasteiger partial charge in [-0.15, -0.1) is 34.2 Å². The van der Waals surface area contributed by atoms with Crippen LogP contribution in [0.25, 0.3) is 0 Å². The Morgan fingerprint density at radius 3 is 2.90 bits per heavy atom. The zero-order valence-corrected chi connectivity index (χ0v) is 19.9. The molecule has 0 fully saturated rings. The summed E-state index contributed by atoms with van der Waals surface area (Å²) in [7, 11) is 1.70. The molecule has 0 saturated heterocycles. The maximum Gasteiger partial charge on any atom is 0.191 e. The molecular weight excluding hydrogens is 483 g/mol. The van der Waals surface area contributed by atoms with Gasteiger partial charge in [0.1, 0.15) is 29.8 Å². The molecule has 1 aliphatic rings. The lowest BCUT2D eigenvalue weighted by Gasteiger charge is -2.13. The van der Waals surface area contributed by atoms with Gasteiger partial charge in [0.25, 0.3) is 0 Å². The van der Waals surface area contributed by atoms with Gasteiger partial charge in [-0.05, 0) is 26.0 Å². The van der Waals surface area contributed by atoms with E-state index >= 15 is 0 Å². The highest BCUT2D eigenvalue weighted by atomic mass is 127. The normalized spacial score (nSPS) is 15.3. The third-order valence-corrected chi connectivity index (χ3v) is 4.71.